The van der Waals surface area contributed by atoms with Crippen LogP contribution in [-0.2, 0) is 14.3 Å². The third-order valence-electron chi connectivity index (χ3n) is 5.46. The molecule has 1 N–H and O–H groups in total. The number of hydrogen-bond acceptors (Lipinski definition) is 4. The van der Waals surface area contributed by atoms with E-state index in [2.05, 4.69) is 12.2 Å². The molecule has 0 spiro atoms. The Hall–Kier alpha value is -1.30. The summed E-state index contributed by atoms with van der Waals surface area (Å²) in [5.41, 5.74) is -0.360. The molecule has 2 unspecified atom stereocenters. The van der Waals surface area contributed by atoms with Crippen molar-refractivity contribution in [2.45, 2.75) is 64.1 Å². The molecule has 27 heavy (non-hydrogen) atoms. The molecule has 0 bridgehead atoms. The number of ether oxygens (including phenoxy) is 3. The highest BCUT2D eigenvalue weighted by Gasteiger charge is 2.42. The molecule has 1 saturated carbocycles. The van der Waals surface area contributed by atoms with E-state index in [1.807, 2.05) is 13.8 Å². The van der Waals surface area contributed by atoms with Gasteiger partial charge < -0.3 is 19.5 Å². The maximum atomic E-state index is 12.9. The van der Waals surface area contributed by atoms with Crippen LogP contribution in [0.25, 0.3) is 0 Å². The standard InChI is InChI=1S/C21H32ClNO4/c1-15-7-6-10-21(14-15,26-5)19(24)23-16-8-9-18(17(22)13-16)27-12-11-20(2,3)25-4/h8-9,13,15H,6-7,10-12,14H2,1-5H3,(H,23,24). The second kappa shape index (κ2) is 9.26. The number of rotatable bonds is 8. The first-order chi connectivity index (χ1) is 12.7. The van der Waals surface area contributed by atoms with E-state index in [1.165, 1.54) is 0 Å². The van der Waals surface area contributed by atoms with Crippen molar-refractivity contribution in [3.63, 3.8) is 0 Å². The fourth-order valence-corrected chi connectivity index (χ4v) is 3.67. The third-order valence-corrected chi connectivity index (χ3v) is 5.76. The highest BCUT2D eigenvalue weighted by molar-refractivity contribution is 6.32. The molecule has 0 radical (unpaired) electrons. The molecule has 0 aromatic heterocycles. The van der Waals surface area contributed by atoms with Gasteiger partial charge in [-0.3, -0.25) is 4.79 Å². The van der Waals surface area contributed by atoms with Crippen molar-refractivity contribution in [2.75, 3.05) is 26.1 Å². The van der Waals surface area contributed by atoms with Crippen molar-refractivity contribution in [1.29, 1.82) is 0 Å². The second-order valence-corrected chi connectivity index (χ2v) is 8.47. The number of methoxy groups -OCH3 is 2. The van der Waals surface area contributed by atoms with Gasteiger partial charge in [-0.25, -0.2) is 0 Å². The fourth-order valence-electron chi connectivity index (χ4n) is 3.44. The van der Waals surface area contributed by atoms with E-state index in [4.69, 9.17) is 25.8 Å². The van der Waals surface area contributed by atoms with Crippen molar-refractivity contribution in [1.82, 2.24) is 0 Å². The molecule has 2 rings (SSSR count). The van der Waals surface area contributed by atoms with Crippen LogP contribution in [0.5, 0.6) is 5.75 Å². The molecule has 0 aliphatic heterocycles. The predicted molar refractivity (Wildman–Crippen MR) is 109 cm³/mol. The Bertz CT molecular complexity index is 649. The van der Waals surface area contributed by atoms with Crippen LogP contribution in [0, 0.1) is 5.92 Å². The van der Waals surface area contributed by atoms with Crippen LogP contribution in [0.2, 0.25) is 5.02 Å². The maximum Gasteiger partial charge on any atom is 0.256 e. The largest absolute Gasteiger partial charge is 0.492 e. The minimum Gasteiger partial charge on any atom is -0.492 e. The maximum absolute atomic E-state index is 12.9. The Morgan fingerprint density at radius 1 is 1.37 bits per heavy atom. The van der Waals surface area contributed by atoms with E-state index >= 15 is 0 Å². The van der Waals surface area contributed by atoms with Crippen molar-refractivity contribution >= 4 is 23.2 Å². The third kappa shape index (κ3) is 5.84. The molecule has 152 valence electrons. The summed E-state index contributed by atoms with van der Waals surface area (Å²) in [5, 5.41) is 3.42. The first-order valence-corrected chi connectivity index (χ1v) is 9.93. The van der Waals surface area contributed by atoms with Gasteiger partial charge in [0, 0.05) is 26.3 Å². The Morgan fingerprint density at radius 3 is 2.70 bits per heavy atom. The minimum atomic E-state index is -0.759. The van der Waals surface area contributed by atoms with E-state index in [0.717, 1.165) is 32.1 Å². The summed E-state index contributed by atoms with van der Waals surface area (Å²) in [5.74, 6) is 0.956. The van der Waals surface area contributed by atoms with Crippen molar-refractivity contribution in [3.05, 3.63) is 23.2 Å². The summed E-state index contributed by atoms with van der Waals surface area (Å²) in [7, 11) is 3.30. The molecule has 1 aromatic carbocycles. The van der Waals surface area contributed by atoms with Crippen LogP contribution >= 0.6 is 11.6 Å². The monoisotopic (exact) mass is 397 g/mol. The van der Waals surface area contributed by atoms with Crippen LogP contribution in [0.4, 0.5) is 5.69 Å². The highest BCUT2D eigenvalue weighted by atomic mass is 35.5. The quantitative estimate of drug-likeness (QED) is 0.665. The van der Waals surface area contributed by atoms with E-state index in [1.54, 1.807) is 32.4 Å². The van der Waals surface area contributed by atoms with Crippen molar-refractivity contribution in [3.8, 4) is 5.75 Å². The lowest BCUT2D eigenvalue weighted by molar-refractivity contribution is -0.143. The van der Waals surface area contributed by atoms with Gasteiger partial charge in [0.25, 0.3) is 5.91 Å². The summed E-state index contributed by atoms with van der Waals surface area (Å²) >= 11 is 6.34. The average Bonchev–Trinajstić information content (AvgIpc) is 2.63. The normalized spacial score (nSPS) is 23.1. The van der Waals surface area contributed by atoms with Crippen molar-refractivity contribution < 1.29 is 19.0 Å². The molecule has 5 nitrogen and oxygen atoms in total. The number of carbonyl (C=O) groups is 1. The number of carbonyl (C=O) groups excluding carboxylic acids is 1. The summed E-state index contributed by atoms with van der Waals surface area (Å²) in [6.45, 7) is 6.67. The smallest absolute Gasteiger partial charge is 0.256 e. The van der Waals surface area contributed by atoms with Gasteiger partial charge in [-0.1, -0.05) is 24.9 Å². The zero-order valence-corrected chi connectivity index (χ0v) is 17.8. The molecule has 1 amide bonds. The van der Waals surface area contributed by atoms with E-state index < -0.39 is 5.60 Å². The number of anilines is 1. The van der Waals surface area contributed by atoms with Crippen LogP contribution in [0.15, 0.2) is 18.2 Å². The molecule has 2 atom stereocenters. The Morgan fingerprint density at radius 2 is 2.11 bits per heavy atom. The molecule has 1 aliphatic carbocycles. The van der Waals surface area contributed by atoms with Gasteiger partial charge in [-0.05, 0) is 57.2 Å². The average molecular weight is 398 g/mol. The zero-order valence-electron chi connectivity index (χ0n) is 17.1. The van der Waals surface area contributed by atoms with Crippen molar-refractivity contribution in [2.24, 2.45) is 5.92 Å². The molecular weight excluding hydrogens is 366 g/mol. The van der Waals surface area contributed by atoms with Gasteiger partial charge in [0.15, 0.2) is 0 Å². The van der Waals surface area contributed by atoms with Crippen LogP contribution < -0.4 is 10.1 Å². The molecular formula is C21H32ClNO4. The van der Waals surface area contributed by atoms with Gasteiger partial charge in [-0.2, -0.15) is 0 Å². The van der Waals surface area contributed by atoms with Gasteiger partial charge in [0.1, 0.15) is 11.4 Å². The zero-order chi connectivity index (χ0) is 20.1. The first-order valence-electron chi connectivity index (χ1n) is 9.55. The number of amides is 1. The van der Waals surface area contributed by atoms with Gasteiger partial charge in [-0.15, -0.1) is 0 Å². The summed E-state index contributed by atoms with van der Waals surface area (Å²) in [4.78, 5) is 12.9. The van der Waals surface area contributed by atoms with Crippen LogP contribution in [-0.4, -0.2) is 37.9 Å². The Labute approximate surface area is 167 Å². The number of benzene rings is 1. The van der Waals surface area contributed by atoms with Crippen LogP contribution in [0.3, 0.4) is 0 Å². The fraction of sp³-hybridized carbons (Fsp3) is 0.667. The SMILES string of the molecule is COC(C)(C)CCOc1ccc(NC(=O)C2(OC)CCCC(C)C2)cc1Cl. The number of halogens is 1. The molecule has 1 aliphatic rings. The lowest BCUT2D eigenvalue weighted by Gasteiger charge is -2.37. The molecule has 0 heterocycles. The first kappa shape index (κ1) is 22.0. The minimum absolute atomic E-state index is 0.108. The number of hydrogen-bond donors (Lipinski definition) is 1. The van der Waals surface area contributed by atoms with Gasteiger partial charge in [0.05, 0.1) is 17.2 Å². The number of nitrogens with one attached hydrogen (secondary N) is 1. The van der Waals surface area contributed by atoms with E-state index in [0.29, 0.717) is 29.0 Å². The molecule has 0 saturated heterocycles. The van der Waals surface area contributed by atoms with Crippen LogP contribution in [0.1, 0.15) is 52.9 Å². The molecule has 6 heteroatoms. The lowest BCUT2D eigenvalue weighted by Crippen LogP contribution is -2.47. The summed E-state index contributed by atoms with van der Waals surface area (Å²) in [6.07, 6.45) is 4.35. The molecule has 1 fully saturated rings. The topological polar surface area (TPSA) is 56.8 Å². The van der Waals surface area contributed by atoms with Gasteiger partial charge >= 0.3 is 0 Å². The Balaban J connectivity index is 1.99. The summed E-state index contributed by atoms with van der Waals surface area (Å²) < 4.78 is 16.8. The lowest BCUT2D eigenvalue weighted by atomic mass is 9.78. The second-order valence-electron chi connectivity index (χ2n) is 8.06. The van der Waals surface area contributed by atoms with Gasteiger partial charge in [0.2, 0.25) is 0 Å². The summed E-state index contributed by atoms with van der Waals surface area (Å²) in [6, 6.07) is 5.29. The highest BCUT2D eigenvalue weighted by Crippen LogP contribution is 2.36. The predicted octanol–water partition coefficient (Wildman–Crippen LogP) is 5.07. The van der Waals surface area contributed by atoms with E-state index in [9.17, 15) is 4.79 Å². The van der Waals surface area contributed by atoms with E-state index in [-0.39, 0.29) is 11.5 Å². The Kier molecular flexibility index (Phi) is 7.55. The molecule has 1 aromatic rings.